The van der Waals surface area contributed by atoms with Crippen LogP contribution < -0.4 is 4.90 Å². The number of amides is 1. The van der Waals surface area contributed by atoms with E-state index in [0.29, 0.717) is 5.69 Å². The Hall–Kier alpha value is -1.82. The highest BCUT2D eigenvalue weighted by molar-refractivity contribution is 6.29. The molecule has 0 aromatic carbocycles. The normalized spacial score (nSPS) is 10.9. The molecule has 21 heavy (non-hydrogen) atoms. The third-order valence-corrected chi connectivity index (χ3v) is 2.43. The number of halogens is 1. The van der Waals surface area contributed by atoms with E-state index in [2.05, 4.69) is 4.98 Å². The molecule has 0 N–H and O–H groups in total. The quantitative estimate of drug-likeness (QED) is 0.631. The van der Waals surface area contributed by atoms with Crippen molar-refractivity contribution in [1.82, 2.24) is 4.98 Å². The first-order chi connectivity index (χ1) is 9.73. The van der Waals surface area contributed by atoms with Gasteiger partial charge in [0.05, 0.1) is 12.3 Å². The van der Waals surface area contributed by atoms with Crippen LogP contribution in [0.4, 0.5) is 10.5 Å². The average molecular weight is 315 g/mol. The minimum Gasteiger partial charge on any atom is -0.465 e. The Balaban J connectivity index is 2.99. The molecule has 1 rings (SSSR count). The molecule has 1 heterocycles. The second kappa shape index (κ2) is 7.26. The molecule has 0 saturated heterocycles. The third kappa shape index (κ3) is 5.99. The van der Waals surface area contributed by atoms with E-state index in [1.807, 2.05) is 0 Å². The Morgan fingerprint density at radius 1 is 1.38 bits per heavy atom. The number of pyridine rings is 1. The molecule has 6 nitrogen and oxygen atoms in total. The van der Waals surface area contributed by atoms with Crippen LogP contribution in [-0.4, -0.2) is 35.8 Å². The lowest BCUT2D eigenvalue weighted by Crippen LogP contribution is -2.40. The molecule has 0 spiro atoms. The fraction of sp³-hybridized carbons (Fsp3) is 0.500. The van der Waals surface area contributed by atoms with Gasteiger partial charge in [0.25, 0.3) is 0 Å². The van der Waals surface area contributed by atoms with E-state index in [9.17, 15) is 9.59 Å². The Kier molecular flexibility index (Phi) is 5.96. The van der Waals surface area contributed by atoms with Gasteiger partial charge in [0, 0.05) is 6.20 Å². The largest absolute Gasteiger partial charge is 0.465 e. The summed E-state index contributed by atoms with van der Waals surface area (Å²) >= 11 is 5.82. The highest BCUT2D eigenvalue weighted by Crippen LogP contribution is 2.20. The van der Waals surface area contributed by atoms with Crippen molar-refractivity contribution >= 4 is 29.4 Å². The van der Waals surface area contributed by atoms with Crippen molar-refractivity contribution in [3.05, 3.63) is 23.5 Å². The summed E-state index contributed by atoms with van der Waals surface area (Å²) in [5.41, 5.74) is -0.266. The number of nitrogens with zero attached hydrogens (tertiary/aromatic N) is 2. The molecular formula is C14H19ClN2O4. The van der Waals surface area contributed by atoms with Gasteiger partial charge in [-0.1, -0.05) is 11.6 Å². The highest BCUT2D eigenvalue weighted by Gasteiger charge is 2.26. The number of hydrogen-bond donors (Lipinski definition) is 0. The second-order valence-corrected chi connectivity index (χ2v) is 5.60. The molecule has 116 valence electrons. The van der Waals surface area contributed by atoms with Crippen LogP contribution in [0.15, 0.2) is 18.3 Å². The van der Waals surface area contributed by atoms with Gasteiger partial charge in [-0.15, -0.1) is 0 Å². The Morgan fingerprint density at radius 2 is 2.05 bits per heavy atom. The number of aromatic nitrogens is 1. The van der Waals surface area contributed by atoms with Crippen LogP contribution >= 0.6 is 11.6 Å². The van der Waals surface area contributed by atoms with E-state index in [4.69, 9.17) is 21.1 Å². The SMILES string of the molecule is CCOC(=O)CN(C(=O)OC(C)(C)C)c1ccnc(Cl)c1. The van der Waals surface area contributed by atoms with Crippen LogP contribution in [-0.2, 0) is 14.3 Å². The molecule has 0 aliphatic heterocycles. The molecule has 0 radical (unpaired) electrons. The van der Waals surface area contributed by atoms with Crippen LogP contribution in [0.2, 0.25) is 5.15 Å². The van der Waals surface area contributed by atoms with E-state index >= 15 is 0 Å². The summed E-state index contributed by atoms with van der Waals surface area (Å²) < 4.78 is 10.2. The predicted molar refractivity (Wildman–Crippen MR) is 79.5 cm³/mol. The minimum atomic E-state index is -0.680. The van der Waals surface area contributed by atoms with Crippen molar-refractivity contribution in [3.63, 3.8) is 0 Å². The molecule has 0 saturated carbocycles. The monoisotopic (exact) mass is 314 g/mol. The summed E-state index contributed by atoms with van der Waals surface area (Å²) in [6.07, 6.45) is 0.790. The van der Waals surface area contributed by atoms with E-state index in [0.717, 1.165) is 4.90 Å². The molecule has 0 fully saturated rings. The molecule has 1 amide bonds. The zero-order valence-corrected chi connectivity index (χ0v) is 13.3. The average Bonchev–Trinajstić information content (AvgIpc) is 2.34. The smallest absolute Gasteiger partial charge is 0.415 e. The summed E-state index contributed by atoms with van der Waals surface area (Å²) in [5.74, 6) is -0.531. The zero-order chi connectivity index (χ0) is 16.0. The summed E-state index contributed by atoms with van der Waals surface area (Å²) in [7, 11) is 0. The maximum absolute atomic E-state index is 12.2. The van der Waals surface area contributed by atoms with Crippen molar-refractivity contribution in [1.29, 1.82) is 0 Å². The van der Waals surface area contributed by atoms with Crippen molar-refractivity contribution < 1.29 is 19.1 Å². The molecule has 1 aromatic heterocycles. The van der Waals surface area contributed by atoms with Crippen molar-refractivity contribution in [2.45, 2.75) is 33.3 Å². The summed E-state index contributed by atoms with van der Waals surface area (Å²) in [4.78, 5) is 28.9. The van der Waals surface area contributed by atoms with Crippen molar-refractivity contribution in [3.8, 4) is 0 Å². The molecule has 0 unspecified atom stereocenters. The first-order valence-electron chi connectivity index (χ1n) is 6.50. The van der Waals surface area contributed by atoms with Gasteiger partial charge < -0.3 is 9.47 Å². The maximum Gasteiger partial charge on any atom is 0.415 e. The molecule has 1 aromatic rings. The Morgan fingerprint density at radius 3 is 2.57 bits per heavy atom. The number of carbonyl (C=O) groups is 2. The van der Waals surface area contributed by atoms with Gasteiger partial charge in [0.1, 0.15) is 17.3 Å². The molecule has 0 atom stereocenters. The van der Waals surface area contributed by atoms with Gasteiger partial charge in [-0.25, -0.2) is 9.78 Å². The van der Waals surface area contributed by atoms with Crippen LogP contribution in [0, 0.1) is 0 Å². The summed E-state index contributed by atoms with van der Waals surface area (Å²) in [6.45, 7) is 6.90. The van der Waals surface area contributed by atoms with Crippen LogP contribution in [0.3, 0.4) is 0 Å². The molecule has 0 aliphatic rings. The fourth-order valence-electron chi connectivity index (χ4n) is 1.47. The summed E-state index contributed by atoms with van der Waals surface area (Å²) in [5, 5.41) is 0.213. The van der Waals surface area contributed by atoms with Gasteiger partial charge in [0.15, 0.2) is 0 Å². The fourth-order valence-corrected chi connectivity index (χ4v) is 1.64. The first kappa shape index (κ1) is 17.2. The number of esters is 1. The molecule has 7 heteroatoms. The lowest BCUT2D eigenvalue weighted by molar-refractivity contribution is -0.141. The summed E-state index contributed by atoms with van der Waals surface area (Å²) in [6, 6.07) is 3.04. The van der Waals surface area contributed by atoms with Gasteiger partial charge in [-0.2, -0.15) is 0 Å². The topological polar surface area (TPSA) is 68.7 Å². The van der Waals surface area contributed by atoms with E-state index in [-0.39, 0.29) is 18.3 Å². The molecule has 0 aliphatic carbocycles. The third-order valence-electron chi connectivity index (χ3n) is 2.23. The number of carbonyl (C=O) groups excluding carboxylic acids is 2. The maximum atomic E-state index is 12.2. The van der Waals surface area contributed by atoms with Gasteiger partial charge >= 0.3 is 12.1 Å². The Labute approximate surface area is 129 Å². The van der Waals surface area contributed by atoms with E-state index in [1.54, 1.807) is 33.8 Å². The number of anilines is 1. The van der Waals surface area contributed by atoms with Crippen molar-refractivity contribution in [2.75, 3.05) is 18.1 Å². The molecule has 0 bridgehead atoms. The standard InChI is InChI=1S/C14H19ClN2O4/c1-5-20-12(18)9-17(13(19)21-14(2,3)4)10-6-7-16-11(15)8-10/h6-8H,5,9H2,1-4H3. The zero-order valence-electron chi connectivity index (χ0n) is 12.6. The second-order valence-electron chi connectivity index (χ2n) is 5.21. The molecular weight excluding hydrogens is 296 g/mol. The van der Waals surface area contributed by atoms with Crippen LogP contribution in [0.1, 0.15) is 27.7 Å². The van der Waals surface area contributed by atoms with Crippen molar-refractivity contribution in [2.24, 2.45) is 0 Å². The van der Waals surface area contributed by atoms with Gasteiger partial charge in [-0.3, -0.25) is 9.69 Å². The lowest BCUT2D eigenvalue weighted by atomic mass is 10.2. The highest BCUT2D eigenvalue weighted by atomic mass is 35.5. The van der Waals surface area contributed by atoms with Gasteiger partial charge in [-0.05, 0) is 39.8 Å². The van der Waals surface area contributed by atoms with E-state index in [1.165, 1.54) is 12.3 Å². The lowest BCUT2D eigenvalue weighted by Gasteiger charge is -2.26. The number of ether oxygens (including phenoxy) is 2. The van der Waals surface area contributed by atoms with Gasteiger partial charge in [0.2, 0.25) is 0 Å². The minimum absolute atomic E-state index is 0.213. The van der Waals surface area contributed by atoms with Crippen LogP contribution in [0.25, 0.3) is 0 Å². The van der Waals surface area contributed by atoms with E-state index < -0.39 is 17.7 Å². The number of hydrogen-bond acceptors (Lipinski definition) is 5. The predicted octanol–water partition coefficient (Wildman–Crippen LogP) is 3.04. The first-order valence-corrected chi connectivity index (χ1v) is 6.88. The Bertz CT molecular complexity index is 514. The van der Waals surface area contributed by atoms with Crippen LogP contribution in [0.5, 0.6) is 0 Å². The number of rotatable bonds is 4.